The van der Waals surface area contributed by atoms with Crippen LogP contribution in [0, 0.1) is 18.3 Å². The van der Waals surface area contributed by atoms with Crippen LogP contribution >= 0.6 is 0 Å². The number of aryl methyl sites for hydroxylation is 1. The lowest BCUT2D eigenvalue weighted by Crippen LogP contribution is -2.55. The van der Waals surface area contributed by atoms with Crippen LogP contribution in [0.1, 0.15) is 85.9 Å². The van der Waals surface area contributed by atoms with Crippen molar-refractivity contribution in [3.05, 3.63) is 40.7 Å². The molecule has 0 bridgehead atoms. The molecule has 3 unspecified atom stereocenters. The lowest BCUT2D eigenvalue weighted by molar-refractivity contribution is -0.0366. The van der Waals surface area contributed by atoms with Crippen LogP contribution in [-0.4, -0.2) is 99.3 Å². The van der Waals surface area contributed by atoms with Crippen LogP contribution < -0.4 is 9.64 Å². The summed E-state index contributed by atoms with van der Waals surface area (Å²) in [6.45, 7) is 5.81. The molecular weight excluding hydrogens is 596 g/mol. The molecule has 0 spiro atoms. The van der Waals surface area contributed by atoms with E-state index in [1.54, 1.807) is 0 Å². The van der Waals surface area contributed by atoms with Gasteiger partial charge in [-0.2, -0.15) is 20.3 Å². The number of likely N-dealkylation sites (tertiary alicyclic amines) is 1. The van der Waals surface area contributed by atoms with Gasteiger partial charge in [-0.05, 0) is 101 Å². The smallest absolute Gasteiger partial charge is 0.407 e. The average molecular weight is 643 g/mol. The highest BCUT2D eigenvalue weighted by molar-refractivity contribution is 5.84. The molecule has 250 valence electrons. The lowest BCUT2D eigenvalue weighted by Gasteiger charge is -2.40. The first-order chi connectivity index (χ1) is 22.9. The number of hydrogen-bond acceptors (Lipinski definition) is 9. The molecule has 1 amide bonds. The Hall–Kier alpha value is -3.95. The maximum atomic E-state index is 12.0. The number of nitriles is 1. The molecule has 3 fully saturated rings. The van der Waals surface area contributed by atoms with Crippen LogP contribution in [0.5, 0.6) is 6.01 Å². The summed E-state index contributed by atoms with van der Waals surface area (Å²) in [5.41, 5.74) is 5.83. The van der Waals surface area contributed by atoms with Gasteiger partial charge in [0.1, 0.15) is 12.4 Å². The molecule has 3 aromatic rings. The van der Waals surface area contributed by atoms with Crippen LogP contribution in [0.15, 0.2) is 18.3 Å². The van der Waals surface area contributed by atoms with E-state index in [0.29, 0.717) is 38.3 Å². The predicted octanol–water partition coefficient (Wildman–Crippen LogP) is 5.05. The average Bonchev–Trinajstić information content (AvgIpc) is 3.63. The highest BCUT2D eigenvalue weighted by Gasteiger charge is 2.34. The fourth-order valence-corrected chi connectivity index (χ4v) is 8.23. The summed E-state index contributed by atoms with van der Waals surface area (Å²) < 4.78 is 14.5. The second kappa shape index (κ2) is 13.6. The number of carbonyl (C=O) groups is 1. The predicted molar refractivity (Wildman–Crippen MR) is 177 cm³/mol. The Morgan fingerprint density at radius 3 is 2.77 bits per heavy atom. The maximum absolute atomic E-state index is 12.0. The first-order valence-electron chi connectivity index (χ1n) is 17.3. The third-order valence-electron chi connectivity index (χ3n) is 10.8. The molecule has 12 nitrogen and oxygen atoms in total. The highest BCUT2D eigenvalue weighted by Crippen LogP contribution is 2.40. The molecule has 7 rings (SSSR count). The van der Waals surface area contributed by atoms with E-state index in [1.165, 1.54) is 21.4 Å². The van der Waals surface area contributed by atoms with Crippen molar-refractivity contribution in [3.63, 3.8) is 0 Å². The molecule has 3 saturated heterocycles. The summed E-state index contributed by atoms with van der Waals surface area (Å²) in [5.74, 6) is 1.08. The first kappa shape index (κ1) is 31.6. The minimum atomic E-state index is -0.984. The van der Waals surface area contributed by atoms with Crippen molar-refractivity contribution in [2.75, 3.05) is 51.3 Å². The molecular formula is C35H46N8O4. The van der Waals surface area contributed by atoms with Gasteiger partial charge >= 0.3 is 12.1 Å². The topological polar surface area (TPSA) is 133 Å². The van der Waals surface area contributed by atoms with E-state index in [4.69, 9.17) is 24.5 Å². The number of piperazine rings is 1. The van der Waals surface area contributed by atoms with Gasteiger partial charge in [0.15, 0.2) is 6.23 Å². The quantitative estimate of drug-likeness (QED) is 0.349. The lowest BCUT2D eigenvalue weighted by atomic mass is 9.86. The number of benzene rings is 1. The Morgan fingerprint density at radius 1 is 1.11 bits per heavy atom. The molecule has 47 heavy (non-hydrogen) atoms. The van der Waals surface area contributed by atoms with E-state index in [1.807, 2.05) is 6.20 Å². The van der Waals surface area contributed by atoms with Gasteiger partial charge in [0, 0.05) is 43.2 Å². The van der Waals surface area contributed by atoms with Crippen LogP contribution in [0.2, 0.25) is 0 Å². The van der Waals surface area contributed by atoms with Crippen molar-refractivity contribution in [1.29, 1.82) is 5.26 Å². The van der Waals surface area contributed by atoms with Crippen LogP contribution in [-0.2, 0) is 17.6 Å². The minimum absolute atomic E-state index is 0.0213. The number of rotatable bonds is 7. The van der Waals surface area contributed by atoms with E-state index in [2.05, 4.69) is 46.7 Å². The largest absolute Gasteiger partial charge is 0.465 e. The Bertz CT molecular complexity index is 1650. The van der Waals surface area contributed by atoms with Crippen molar-refractivity contribution in [2.45, 2.75) is 95.4 Å². The maximum Gasteiger partial charge on any atom is 0.407 e. The Balaban J connectivity index is 1.24. The van der Waals surface area contributed by atoms with E-state index >= 15 is 0 Å². The third-order valence-corrected chi connectivity index (χ3v) is 10.8. The van der Waals surface area contributed by atoms with Crippen molar-refractivity contribution in [3.8, 4) is 12.1 Å². The summed E-state index contributed by atoms with van der Waals surface area (Å²) >= 11 is 0. The number of likely N-dealkylation sites (N-methyl/N-ethyl adjacent to an activating group) is 1. The van der Waals surface area contributed by atoms with Crippen LogP contribution in [0.4, 0.5) is 10.6 Å². The zero-order chi connectivity index (χ0) is 32.5. The summed E-state index contributed by atoms with van der Waals surface area (Å²) in [6, 6.07) is 6.89. The SMILES string of the molecule is Cc1ccc2c(cnn2C2CCCCO2)c1C1CCCc2c(nc(OCC3CCCN3C)nc2N2CCN(C(=O)O)[C@@H](CC#N)C2)C1. The fourth-order valence-electron chi connectivity index (χ4n) is 8.23. The summed E-state index contributed by atoms with van der Waals surface area (Å²) in [4.78, 5) is 28.0. The Labute approximate surface area is 276 Å². The second-order valence-electron chi connectivity index (χ2n) is 13.7. The van der Waals surface area contributed by atoms with E-state index in [0.717, 1.165) is 93.5 Å². The standard InChI is InChI=1S/C35H46N8O4/c1-23-11-12-30-28(20-37-43(30)31-10-3-4-18-46-31)32(23)24-7-5-9-27-29(19-24)38-34(47-22-26-8-6-15-40(26)2)39-33(27)41-16-17-42(35(44)45)25(21-41)13-14-36/h11-12,20,24-26,31H,3-10,13,15-19,21-22H2,1-2H3,(H,44,45)/t24?,25-,26?,31?/m0/s1. The van der Waals surface area contributed by atoms with Gasteiger partial charge in [-0.1, -0.05) is 6.07 Å². The zero-order valence-corrected chi connectivity index (χ0v) is 27.6. The van der Waals surface area contributed by atoms with E-state index in [-0.39, 0.29) is 18.6 Å². The number of aromatic nitrogens is 4. The molecule has 4 aliphatic rings. The molecule has 4 atom stereocenters. The number of nitrogens with zero attached hydrogens (tertiary/aromatic N) is 8. The Morgan fingerprint density at radius 2 is 2.00 bits per heavy atom. The number of anilines is 1. The van der Waals surface area contributed by atoms with Gasteiger partial charge < -0.3 is 29.3 Å². The van der Waals surface area contributed by atoms with Gasteiger partial charge in [-0.15, -0.1) is 0 Å². The summed E-state index contributed by atoms with van der Waals surface area (Å²) in [5, 5.41) is 25.3. The van der Waals surface area contributed by atoms with Gasteiger partial charge in [0.25, 0.3) is 0 Å². The first-order valence-corrected chi connectivity index (χ1v) is 17.3. The molecule has 0 saturated carbocycles. The van der Waals surface area contributed by atoms with Crippen molar-refractivity contribution in [2.24, 2.45) is 0 Å². The monoisotopic (exact) mass is 642 g/mol. The number of fused-ring (bicyclic) bond motifs is 2. The van der Waals surface area contributed by atoms with Gasteiger partial charge in [-0.3, -0.25) is 0 Å². The van der Waals surface area contributed by atoms with Gasteiger partial charge in [0.2, 0.25) is 0 Å². The minimum Gasteiger partial charge on any atom is -0.465 e. The third kappa shape index (κ3) is 6.35. The number of ether oxygens (including phenoxy) is 2. The molecule has 1 N–H and O–H groups in total. The zero-order valence-electron chi connectivity index (χ0n) is 27.6. The van der Waals surface area contributed by atoms with Crippen molar-refractivity contribution < 1.29 is 19.4 Å². The fraction of sp³-hybridized carbons (Fsp3) is 0.629. The normalized spacial score (nSPS) is 25.4. The molecule has 3 aliphatic heterocycles. The molecule has 2 aromatic heterocycles. The second-order valence-corrected chi connectivity index (χ2v) is 13.7. The van der Waals surface area contributed by atoms with Gasteiger partial charge in [0.05, 0.1) is 35.9 Å². The van der Waals surface area contributed by atoms with Gasteiger partial charge in [-0.25, -0.2) is 9.48 Å². The molecule has 0 radical (unpaired) electrons. The number of hydrogen-bond donors (Lipinski definition) is 1. The molecule has 12 heteroatoms. The summed E-state index contributed by atoms with van der Waals surface area (Å²) in [6.07, 6.45) is 10.2. The molecule has 1 aromatic carbocycles. The van der Waals surface area contributed by atoms with E-state index in [9.17, 15) is 15.2 Å². The van der Waals surface area contributed by atoms with Crippen molar-refractivity contribution in [1.82, 2.24) is 29.5 Å². The number of amides is 1. The number of carboxylic acid groups (broad SMARTS) is 1. The molecule has 1 aliphatic carbocycles. The van der Waals surface area contributed by atoms with Crippen molar-refractivity contribution >= 4 is 22.8 Å². The van der Waals surface area contributed by atoms with Crippen LogP contribution in [0.3, 0.4) is 0 Å². The van der Waals surface area contributed by atoms with Crippen LogP contribution in [0.25, 0.3) is 10.9 Å². The molecule has 5 heterocycles. The highest BCUT2D eigenvalue weighted by atomic mass is 16.5. The Kier molecular flexibility index (Phi) is 9.19. The van der Waals surface area contributed by atoms with E-state index < -0.39 is 12.1 Å². The summed E-state index contributed by atoms with van der Waals surface area (Å²) in [7, 11) is 2.14.